The van der Waals surface area contributed by atoms with Gasteiger partial charge in [-0.3, -0.25) is 0 Å². The lowest BCUT2D eigenvalue weighted by Gasteiger charge is -2.24. The molecule has 1 fully saturated rings. The van der Waals surface area contributed by atoms with Crippen molar-refractivity contribution in [2.24, 2.45) is 5.92 Å². The molecule has 0 aromatic heterocycles. The van der Waals surface area contributed by atoms with Crippen molar-refractivity contribution in [1.82, 2.24) is 5.32 Å². The Labute approximate surface area is 83.3 Å². The summed E-state index contributed by atoms with van der Waals surface area (Å²) in [7, 11) is 0. The third kappa shape index (κ3) is 5.30. The normalized spacial score (nSPS) is 21.5. The summed E-state index contributed by atoms with van der Waals surface area (Å²) in [5.41, 5.74) is 0.298. The summed E-state index contributed by atoms with van der Waals surface area (Å²) in [6.07, 6.45) is 8.73. The number of hydrogen-bond donors (Lipinski definition) is 1. The van der Waals surface area contributed by atoms with Crippen molar-refractivity contribution >= 4 is 0 Å². The maximum absolute atomic E-state index is 3.62. The van der Waals surface area contributed by atoms with Crippen molar-refractivity contribution < 1.29 is 0 Å². The van der Waals surface area contributed by atoms with Crippen LogP contribution in [-0.4, -0.2) is 12.1 Å². The van der Waals surface area contributed by atoms with Gasteiger partial charge in [-0.1, -0.05) is 25.7 Å². The second-order valence-corrected chi connectivity index (χ2v) is 5.49. The van der Waals surface area contributed by atoms with Gasteiger partial charge in [-0.2, -0.15) is 0 Å². The van der Waals surface area contributed by atoms with E-state index in [1.807, 2.05) is 0 Å². The number of rotatable bonds is 2. The molecule has 1 aliphatic rings. The fraction of sp³-hybridized carbons (Fsp3) is 1.00. The zero-order chi connectivity index (χ0) is 9.73. The molecule has 1 heteroatoms. The Bertz CT molecular complexity index is 127. The van der Waals surface area contributed by atoms with Gasteiger partial charge < -0.3 is 5.32 Å². The largest absolute Gasteiger partial charge is 0.312 e. The highest BCUT2D eigenvalue weighted by Gasteiger charge is 2.15. The zero-order valence-electron chi connectivity index (χ0n) is 9.53. The van der Waals surface area contributed by atoms with E-state index < -0.39 is 0 Å². The minimum Gasteiger partial charge on any atom is -0.312 e. The molecular weight excluding hydrogens is 158 g/mol. The third-order valence-electron chi connectivity index (χ3n) is 2.90. The molecule has 1 aliphatic carbocycles. The Morgan fingerprint density at radius 2 is 1.54 bits per heavy atom. The van der Waals surface area contributed by atoms with Gasteiger partial charge in [-0.25, -0.2) is 0 Å². The fourth-order valence-electron chi connectivity index (χ4n) is 2.02. The van der Waals surface area contributed by atoms with Crippen LogP contribution < -0.4 is 5.32 Å². The van der Waals surface area contributed by atoms with Crippen LogP contribution in [0.3, 0.4) is 0 Å². The summed E-state index contributed by atoms with van der Waals surface area (Å²) in [4.78, 5) is 0. The molecule has 0 aromatic rings. The summed E-state index contributed by atoms with van der Waals surface area (Å²) in [5, 5.41) is 3.62. The fourth-order valence-corrected chi connectivity index (χ4v) is 2.02. The summed E-state index contributed by atoms with van der Waals surface area (Å²) in [6, 6.07) is 0. The maximum Gasteiger partial charge on any atom is 0.00966 e. The lowest BCUT2D eigenvalue weighted by molar-refractivity contribution is 0.348. The van der Waals surface area contributed by atoms with Crippen molar-refractivity contribution in [1.29, 1.82) is 0 Å². The first-order valence-corrected chi connectivity index (χ1v) is 5.83. The van der Waals surface area contributed by atoms with E-state index in [4.69, 9.17) is 0 Å². The Balaban J connectivity index is 2.19. The summed E-state index contributed by atoms with van der Waals surface area (Å²) >= 11 is 0. The van der Waals surface area contributed by atoms with Crippen LogP contribution in [0.4, 0.5) is 0 Å². The van der Waals surface area contributed by atoms with Gasteiger partial charge in [0, 0.05) is 5.54 Å². The van der Waals surface area contributed by atoms with Gasteiger partial charge in [0.15, 0.2) is 0 Å². The summed E-state index contributed by atoms with van der Waals surface area (Å²) in [5.74, 6) is 0.946. The molecule has 0 spiro atoms. The standard InChI is InChI=1S/C12H25N/c1-12(2,3)13-10-11-8-6-4-5-7-9-11/h11,13H,4-10H2,1-3H3. The summed E-state index contributed by atoms with van der Waals surface area (Å²) < 4.78 is 0. The second-order valence-electron chi connectivity index (χ2n) is 5.49. The second kappa shape index (κ2) is 4.99. The Kier molecular flexibility index (Phi) is 4.24. The summed E-state index contributed by atoms with van der Waals surface area (Å²) in [6.45, 7) is 7.99. The topological polar surface area (TPSA) is 12.0 Å². The van der Waals surface area contributed by atoms with Crippen LogP contribution in [0.5, 0.6) is 0 Å². The molecule has 0 aliphatic heterocycles. The van der Waals surface area contributed by atoms with Gasteiger partial charge in [0.25, 0.3) is 0 Å². The van der Waals surface area contributed by atoms with Crippen molar-refractivity contribution in [3.63, 3.8) is 0 Å². The molecule has 1 nitrogen and oxygen atoms in total. The zero-order valence-corrected chi connectivity index (χ0v) is 9.53. The first kappa shape index (κ1) is 11.0. The molecule has 0 aromatic carbocycles. The van der Waals surface area contributed by atoms with Gasteiger partial charge >= 0.3 is 0 Å². The maximum atomic E-state index is 3.62. The lowest BCUT2D eigenvalue weighted by atomic mass is 9.98. The van der Waals surface area contributed by atoms with Crippen molar-refractivity contribution in [2.75, 3.05) is 6.54 Å². The molecule has 1 saturated carbocycles. The molecule has 0 bridgehead atoms. The first-order valence-electron chi connectivity index (χ1n) is 5.83. The van der Waals surface area contributed by atoms with Gasteiger partial charge in [0.05, 0.1) is 0 Å². The van der Waals surface area contributed by atoms with Crippen LogP contribution in [0, 0.1) is 5.92 Å². The molecule has 0 amide bonds. The van der Waals surface area contributed by atoms with E-state index in [0.717, 1.165) is 5.92 Å². The molecule has 13 heavy (non-hydrogen) atoms. The number of hydrogen-bond acceptors (Lipinski definition) is 1. The van der Waals surface area contributed by atoms with E-state index in [1.165, 1.54) is 45.1 Å². The van der Waals surface area contributed by atoms with E-state index in [0.29, 0.717) is 5.54 Å². The predicted molar refractivity (Wildman–Crippen MR) is 58.9 cm³/mol. The quantitative estimate of drug-likeness (QED) is 0.647. The van der Waals surface area contributed by atoms with Crippen LogP contribution >= 0.6 is 0 Å². The van der Waals surface area contributed by atoms with Crippen LogP contribution in [0.25, 0.3) is 0 Å². The average molecular weight is 183 g/mol. The van der Waals surface area contributed by atoms with Gasteiger partial charge in [0.2, 0.25) is 0 Å². The highest BCUT2D eigenvalue weighted by atomic mass is 14.9. The van der Waals surface area contributed by atoms with Crippen molar-refractivity contribution in [2.45, 2.75) is 64.8 Å². The Hall–Kier alpha value is -0.0400. The highest BCUT2D eigenvalue weighted by Crippen LogP contribution is 2.22. The molecular formula is C12H25N. The molecule has 0 atom stereocenters. The molecule has 1 N–H and O–H groups in total. The van der Waals surface area contributed by atoms with Gasteiger partial charge in [-0.15, -0.1) is 0 Å². The molecule has 0 saturated heterocycles. The van der Waals surface area contributed by atoms with Gasteiger partial charge in [-0.05, 0) is 46.1 Å². The molecule has 1 rings (SSSR count). The van der Waals surface area contributed by atoms with E-state index in [2.05, 4.69) is 26.1 Å². The third-order valence-corrected chi connectivity index (χ3v) is 2.90. The Morgan fingerprint density at radius 3 is 2.00 bits per heavy atom. The SMILES string of the molecule is CC(C)(C)NCC1CCCCCC1. The monoisotopic (exact) mass is 183 g/mol. The molecule has 0 heterocycles. The van der Waals surface area contributed by atoms with E-state index in [9.17, 15) is 0 Å². The minimum atomic E-state index is 0.298. The number of nitrogens with one attached hydrogen (secondary N) is 1. The van der Waals surface area contributed by atoms with Crippen LogP contribution in [0.1, 0.15) is 59.3 Å². The van der Waals surface area contributed by atoms with Crippen LogP contribution in [0.2, 0.25) is 0 Å². The predicted octanol–water partition coefficient (Wildman–Crippen LogP) is 3.34. The highest BCUT2D eigenvalue weighted by molar-refractivity contribution is 4.74. The molecule has 78 valence electrons. The van der Waals surface area contributed by atoms with Crippen molar-refractivity contribution in [3.8, 4) is 0 Å². The van der Waals surface area contributed by atoms with Gasteiger partial charge in [0.1, 0.15) is 0 Å². The first-order chi connectivity index (χ1) is 6.08. The molecule has 0 radical (unpaired) electrons. The smallest absolute Gasteiger partial charge is 0.00966 e. The lowest BCUT2D eigenvalue weighted by Crippen LogP contribution is -2.39. The molecule has 0 unspecified atom stereocenters. The van der Waals surface area contributed by atoms with E-state index in [-0.39, 0.29) is 0 Å². The minimum absolute atomic E-state index is 0.298. The van der Waals surface area contributed by atoms with E-state index in [1.54, 1.807) is 0 Å². The van der Waals surface area contributed by atoms with E-state index >= 15 is 0 Å². The van der Waals surface area contributed by atoms with Crippen LogP contribution in [0.15, 0.2) is 0 Å². The average Bonchev–Trinajstić information content (AvgIpc) is 2.26. The van der Waals surface area contributed by atoms with Crippen LogP contribution in [-0.2, 0) is 0 Å². The van der Waals surface area contributed by atoms with Crippen molar-refractivity contribution in [3.05, 3.63) is 0 Å². The Morgan fingerprint density at radius 1 is 1.00 bits per heavy atom.